The van der Waals surface area contributed by atoms with Crippen molar-refractivity contribution in [3.8, 4) is 17.2 Å². The largest absolute Gasteiger partial charge is 0.497 e. The van der Waals surface area contributed by atoms with Crippen molar-refractivity contribution in [1.82, 2.24) is 9.80 Å². The highest BCUT2D eigenvalue weighted by molar-refractivity contribution is 5.35. The first-order valence-corrected chi connectivity index (χ1v) is 13.8. The summed E-state index contributed by atoms with van der Waals surface area (Å²) in [5.41, 5.74) is 3.82. The number of rotatable bonds is 9. The number of methoxy groups -OCH3 is 1. The molecule has 3 aromatic rings. The molecule has 5 nitrogen and oxygen atoms in total. The Balaban J connectivity index is 1.22. The SMILES string of the molecule is COc1ccc(C[C@H]2COc3ccccc3CN2Cc2ccc(OCCN3CCCCCC3)cc2)cc1. The van der Waals surface area contributed by atoms with Crippen molar-refractivity contribution in [2.75, 3.05) is 40.0 Å². The molecule has 0 bridgehead atoms. The number of hydrogen-bond acceptors (Lipinski definition) is 5. The minimum Gasteiger partial charge on any atom is -0.497 e. The van der Waals surface area contributed by atoms with E-state index >= 15 is 0 Å². The Labute approximate surface area is 222 Å². The second-order valence-corrected chi connectivity index (χ2v) is 10.3. The van der Waals surface area contributed by atoms with E-state index in [0.717, 1.165) is 49.9 Å². The third-order valence-electron chi connectivity index (χ3n) is 7.61. The highest BCUT2D eigenvalue weighted by atomic mass is 16.5. The van der Waals surface area contributed by atoms with Crippen LogP contribution in [0.4, 0.5) is 0 Å². The first-order valence-electron chi connectivity index (χ1n) is 13.8. The van der Waals surface area contributed by atoms with Crippen LogP contribution in [0.5, 0.6) is 17.2 Å². The van der Waals surface area contributed by atoms with Crippen molar-refractivity contribution in [2.24, 2.45) is 0 Å². The minimum absolute atomic E-state index is 0.269. The van der Waals surface area contributed by atoms with Gasteiger partial charge in [0.1, 0.15) is 30.5 Å². The second kappa shape index (κ2) is 13.0. The normalized spacial score (nSPS) is 18.8. The van der Waals surface area contributed by atoms with Gasteiger partial charge in [0, 0.05) is 31.2 Å². The van der Waals surface area contributed by atoms with Gasteiger partial charge < -0.3 is 14.2 Å². The first-order chi connectivity index (χ1) is 18.3. The van der Waals surface area contributed by atoms with E-state index in [4.69, 9.17) is 14.2 Å². The Kier molecular flexibility index (Phi) is 8.99. The molecule has 1 atom stereocenters. The van der Waals surface area contributed by atoms with Crippen LogP contribution in [0.15, 0.2) is 72.8 Å². The number of nitrogens with zero attached hydrogens (tertiary/aromatic N) is 2. The number of fused-ring (bicyclic) bond motifs is 1. The van der Waals surface area contributed by atoms with E-state index < -0.39 is 0 Å². The van der Waals surface area contributed by atoms with Gasteiger partial charge in [-0.15, -0.1) is 0 Å². The van der Waals surface area contributed by atoms with Crippen LogP contribution in [0.3, 0.4) is 0 Å². The molecule has 0 aliphatic carbocycles. The molecule has 0 spiro atoms. The van der Waals surface area contributed by atoms with Crippen LogP contribution >= 0.6 is 0 Å². The predicted octanol–water partition coefficient (Wildman–Crippen LogP) is 5.96. The van der Waals surface area contributed by atoms with E-state index in [1.165, 1.54) is 55.5 Å². The molecule has 5 heteroatoms. The zero-order chi connectivity index (χ0) is 25.3. The summed E-state index contributed by atoms with van der Waals surface area (Å²) in [5, 5.41) is 0. The van der Waals surface area contributed by atoms with E-state index in [1.54, 1.807) is 7.11 Å². The summed E-state index contributed by atoms with van der Waals surface area (Å²) in [7, 11) is 1.71. The molecule has 0 aromatic heterocycles. The van der Waals surface area contributed by atoms with E-state index in [9.17, 15) is 0 Å². The molecule has 2 aliphatic heterocycles. The van der Waals surface area contributed by atoms with Crippen LogP contribution in [0.1, 0.15) is 42.4 Å². The summed E-state index contributed by atoms with van der Waals surface area (Å²) in [6.45, 7) is 6.59. The molecule has 0 N–H and O–H groups in total. The number of hydrogen-bond donors (Lipinski definition) is 0. The van der Waals surface area contributed by atoms with E-state index in [1.807, 2.05) is 12.1 Å². The van der Waals surface area contributed by atoms with Crippen LogP contribution in [0.2, 0.25) is 0 Å². The Hall–Kier alpha value is -3.02. The van der Waals surface area contributed by atoms with Crippen molar-refractivity contribution in [2.45, 2.75) is 51.2 Å². The lowest BCUT2D eigenvalue weighted by atomic mass is 10.0. The maximum atomic E-state index is 6.28. The molecule has 1 saturated heterocycles. The third-order valence-corrected chi connectivity index (χ3v) is 7.61. The summed E-state index contributed by atoms with van der Waals surface area (Å²) in [6, 6.07) is 25.8. The van der Waals surface area contributed by atoms with Gasteiger partial charge in [0.25, 0.3) is 0 Å². The van der Waals surface area contributed by atoms with Crippen LogP contribution < -0.4 is 14.2 Å². The lowest BCUT2D eigenvalue weighted by Gasteiger charge is -2.29. The molecule has 0 unspecified atom stereocenters. The highest BCUT2D eigenvalue weighted by Crippen LogP contribution is 2.28. The van der Waals surface area contributed by atoms with Crippen molar-refractivity contribution in [1.29, 1.82) is 0 Å². The van der Waals surface area contributed by atoms with Crippen molar-refractivity contribution in [3.63, 3.8) is 0 Å². The quantitative estimate of drug-likeness (QED) is 0.362. The van der Waals surface area contributed by atoms with Crippen LogP contribution in [0, 0.1) is 0 Å². The summed E-state index contributed by atoms with van der Waals surface area (Å²) in [5.74, 6) is 2.84. The fraction of sp³-hybridized carbons (Fsp3) is 0.438. The second-order valence-electron chi connectivity index (χ2n) is 10.3. The minimum atomic E-state index is 0.269. The molecule has 1 fully saturated rings. The average Bonchev–Trinajstić information content (AvgIpc) is 3.30. The van der Waals surface area contributed by atoms with Crippen LogP contribution in [-0.4, -0.2) is 55.8 Å². The maximum Gasteiger partial charge on any atom is 0.123 e. The Morgan fingerprint density at radius 3 is 2.27 bits per heavy atom. The van der Waals surface area contributed by atoms with E-state index in [-0.39, 0.29) is 6.04 Å². The van der Waals surface area contributed by atoms with Gasteiger partial charge in [0.2, 0.25) is 0 Å². The van der Waals surface area contributed by atoms with Gasteiger partial charge in [-0.1, -0.05) is 55.3 Å². The number of benzene rings is 3. The molecule has 0 amide bonds. The van der Waals surface area contributed by atoms with Crippen molar-refractivity contribution in [3.05, 3.63) is 89.5 Å². The molecule has 196 valence electrons. The standard InChI is InChI=1S/C32H40N2O3/c1-35-30-14-10-26(11-15-30)22-29-25-37-32-9-5-4-8-28(32)24-34(29)23-27-12-16-31(17-13-27)36-21-20-33-18-6-2-3-7-19-33/h4-5,8-17,29H,2-3,6-7,18-25H2,1H3/t29-/m0/s1. The lowest BCUT2D eigenvalue weighted by molar-refractivity contribution is 0.138. The lowest BCUT2D eigenvalue weighted by Crippen LogP contribution is -2.38. The molecule has 5 rings (SSSR count). The van der Waals surface area contributed by atoms with Crippen LogP contribution in [-0.2, 0) is 19.5 Å². The van der Waals surface area contributed by atoms with Crippen LogP contribution in [0.25, 0.3) is 0 Å². The van der Waals surface area contributed by atoms with Gasteiger partial charge in [0.05, 0.1) is 7.11 Å². The van der Waals surface area contributed by atoms with Gasteiger partial charge in [-0.3, -0.25) is 9.80 Å². The number of likely N-dealkylation sites (tertiary alicyclic amines) is 1. The molecule has 3 aromatic carbocycles. The Morgan fingerprint density at radius 2 is 1.51 bits per heavy atom. The maximum absolute atomic E-state index is 6.28. The predicted molar refractivity (Wildman–Crippen MR) is 149 cm³/mol. The van der Waals surface area contributed by atoms with Crippen molar-refractivity contribution < 1.29 is 14.2 Å². The number of ether oxygens (including phenoxy) is 3. The summed E-state index contributed by atoms with van der Waals surface area (Å²) in [4.78, 5) is 5.09. The molecule has 0 saturated carbocycles. The fourth-order valence-corrected chi connectivity index (χ4v) is 5.40. The summed E-state index contributed by atoms with van der Waals surface area (Å²) < 4.78 is 17.7. The molecule has 2 heterocycles. The molecular weight excluding hydrogens is 460 g/mol. The molecule has 37 heavy (non-hydrogen) atoms. The first kappa shape index (κ1) is 25.6. The zero-order valence-electron chi connectivity index (χ0n) is 22.1. The van der Waals surface area contributed by atoms with Crippen molar-refractivity contribution >= 4 is 0 Å². The highest BCUT2D eigenvalue weighted by Gasteiger charge is 2.25. The third kappa shape index (κ3) is 7.27. The van der Waals surface area contributed by atoms with Gasteiger partial charge in [0.15, 0.2) is 0 Å². The fourth-order valence-electron chi connectivity index (χ4n) is 5.40. The van der Waals surface area contributed by atoms with Gasteiger partial charge in [-0.2, -0.15) is 0 Å². The molecular formula is C32H40N2O3. The average molecular weight is 501 g/mol. The Bertz CT molecular complexity index is 1090. The van der Waals surface area contributed by atoms with E-state index in [0.29, 0.717) is 6.61 Å². The molecule has 2 aliphatic rings. The Morgan fingerprint density at radius 1 is 0.811 bits per heavy atom. The van der Waals surface area contributed by atoms with Gasteiger partial charge in [-0.25, -0.2) is 0 Å². The smallest absolute Gasteiger partial charge is 0.123 e. The van der Waals surface area contributed by atoms with Gasteiger partial charge >= 0.3 is 0 Å². The number of para-hydroxylation sites is 1. The monoisotopic (exact) mass is 500 g/mol. The topological polar surface area (TPSA) is 34.2 Å². The van der Waals surface area contributed by atoms with Gasteiger partial charge in [-0.05, 0) is 73.8 Å². The molecule has 0 radical (unpaired) electrons. The van der Waals surface area contributed by atoms with E-state index in [2.05, 4.69) is 70.5 Å². The zero-order valence-corrected chi connectivity index (χ0v) is 22.1. The summed E-state index contributed by atoms with van der Waals surface area (Å²) in [6.07, 6.45) is 6.30. The summed E-state index contributed by atoms with van der Waals surface area (Å²) >= 11 is 0.